The lowest BCUT2D eigenvalue weighted by Gasteiger charge is -2.02. The number of halogens is 2. The summed E-state index contributed by atoms with van der Waals surface area (Å²) in [7, 11) is 0. The molecule has 0 saturated carbocycles. The highest BCUT2D eigenvalue weighted by atomic mass is 79.9. The van der Waals surface area contributed by atoms with Gasteiger partial charge in [-0.3, -0.25) is 0 Å². The lowest BCUT2D eigenvalue weighted by molar-refractivity contribution is 0.199. The van der Waals surface area contributed by atoms with E-state index < -0.39 is 6.10 Å². The van der Waals surface area contributed by atoms with Gasteiger partial charge in [-0.15, -0.1) is 22.9 Å². The van der Waals surface area contributed by atoms with Gasteiger partial charge in [0.15, 0.2) is 0 Å². The van der Waals surface area contributed by atoms with E-state index in [-0.39, 0.29) is 0 Å². The number of alkyl halides is 1. The molecule has 1 aromatic heterocycles. The molecule has 0 saturated heterocycles. The zero-order chi connectivity index (χ0) is 8.27. The Morgan fingerprint density at radius 2 is 2.45 bits per heavy atom. The summed E-state index contributed by atoms with van der Waals surface area (Å²) in [6.07, 6.45) is 0.238. The van der Waals surface area contributed by atoms with Crippen LogP contribution in [-0.2, 0) is 6.42 Å². The van der Waals surface area contributed by atoms with Crippen molar-refractivity contribution in [1.82, 2.24) is 0 Å². The zero-order valence-corrected chi connectivity index (χ0v) is 8.92. The lowest BCUT2D eigenvalue weighted by Crippen LogP contribution is -2.10. The third-order valence-corrected chi connectivity index (χ3v) is 3.31. The molecule has 1 rings (SSSR count). The van der Waals surface area contributed by atoms with Crippen molar-refractivity contribution in [2.75, 3.05) is 5.88 Å². The van der Waals surface area contributed by atoms with Gasteiger partial charge < -0.3 is 5.11 Å². The normalized spacial score (nSPS) is 13.4. The molecule has 62 valence electrons. The second-order valence-corrected chi connectivity index (χ2v) is 4.46. The predicted octanol–water partition coefficient (Wildman–Crippen LogP) is 2.65. The lowest BCUT2D eigenvalue weighted by atomic mass is 10.2. The van der Waals surface area contributed by atoms with Crippen LogP contribution in [0.1, 0.15) is 4.88 Å². The number of thiophene rings is 1. The second-order valence-electron chi connectivity index (χ2n) is 2.24. The smallest absolute Gasteiger partial charge is 0.0723 e. The van der Waals surface area contributed by atoms with Crippen molar-refractivity contribution in [3.05, 3.63) is 20.8 Å². The fraction of sp³-hybridized carbons (Fsp3) is 0.429. The zero-order valence-electron chi connectivity index (χ0n) is 5.76. The molecule has 1 heterocycles. The monoisotopic (exact) mass is 254 g/mol. The largest absolute Gasteiger partial charge is 0.392 e. The fourth-order valence-corrected chi connectivity index (χ4v) is 2.38. The third kappa shape index (κ3) is 3.11. The Labute approximate surface area is 83.1 Å². The molecule has 0 radical (unpaired) electrons. The average molecular weight is 256 g/mol. The van der Waals surface area contributed by atoms with Crippen LogP contribution in [0.4, 0.5) is 0 Å². The van der Waals surface area contributed by atoms with E-state index in [0.717, 1.165) is 9.35 Å². The first-order valence-corrected chi connectivity index (χ1v) is 5.40. The van der Waals surface area contributed by atoms with Gasteiger partial charge in [-0.2, -0.15) is 0 Å². The molecular formula is C7H8BrClOS. The van der Waals surface area contributed by atoms with Crippen LogP contribution in [0.3, 0.4) is 0 Å². The van der Waals surface area contributed by atoms with Gasteiger partial charge in [-0.25, -0.2) is 0 Å². The van der Waals surface area contributed by atoms with Crippen molar-refractivity contribution in [2.45, 2.75) is 12.5 Å². The highest BCUT2D eigenvalue weighted by Gasteiger charge is 2.05. The van der Waals surface area contributed by atoms with E-state index in [0.29, 0.717) is 12.3 Å². The summed E-state index contributed by atoms with van der Waals surface area (Å²) in [6, 6.07) is 2.00. The first-order chi connectivity index (χ1) is 5.22. The number of rotatable bonds is 3. The summed E-state index contributed by atoms with van der Waals surface area (Å²) in [5.74, 6) is 0.301. The summed E-state index contributed by atoms with van der Waals surface area (Å²) in [5, 5.41) is 11.2. The molecule has 0 fully saturated rings. The van der Waals surface area contributed by atoms with Gasteiger partial charge in [0.05, 0.1) is 6.10 Å². The molecule has 0 spiro atoms. The van der Waals surface area contributed by atoms with Gasteiger partial charge >= 0.3 is 0 Å². The number of aliphatic hydroxyl groups is 1. The summed E-state index contributed by atoms with van der Waals surface area (Å²) in [6.45, 7) is 0. The Morgan fingerprint density at radius 3 is 2.91 bits per heavy atom. The van der Waals surface area contributed by atoms with Crippen molar-refractivity contribution in [1.29, 1.82) is 0 Å². The Bertz CT molecular complexity index is 226. The van der Waals surface area contributed by atoms with E-state index in [4.69, 9.17) is 11.6 Å². The van der Waals surface area contributed by atoms with E-state index in [1.165, 1.54) is 0 Å². The summed E-state index contributed by atoms with van der Waals surface area (Å²) < 4.78 is 1.07. The van der Waals surface area contributed by atoms with E-state index in [9.17, 15) is 5.11 Å². The molecule has 11 heavy (non-hydrogen) atoms. The molecule has 1 nitrogen and oxygen atoms in total. The Morgan fingerprint density at radius 1 is 1.73 bits per heavy atom. The Hall–Kier alpha value is 0.430. The molecule has 1 N–H and O–H groups in total. The van der Waals surface area contributed by atoms with Crippen LogP contribution in [0.5, 0.6) is 0 Å². The molecule has 0 amide bonds. The van der Waals surface area contributed by atoms with Gasteiger partial charge in [0.2, 0.25) is 0 Å². The maximum atomic E-state index is 9.18. The van der Waals surface area contributed by atoms with Crippen molar-refractivity contribution < 1.29 is 5.11 Å². The Balaban J connectivity index is 2.50. The molecule has 1 aromatic rings. The molecule has 0 aromatic carbocycles. The first kappa shape index (κ1) is 9.52. The Kier molecular flexibility index (Phi) is 3.85. The van der Waals surface area contributed by atoms with Crippen LogP contribution in [0.25, 0.3) is 0 Å². The molecule has 0 aliphatic rings. The van der Waals surface area contributed by atoms with Gasteiger partial charge in [0, 0.05) is 27.0 Å². The van der Waals surface area contributed by atoms with Crippen LogP contribution in [0.2, 0.25) is 0 Å². The van der Waals surface area contributed by atoms with E-state index in [1.54, 1.807) is 11.3 Å². The molecule has 1 unspecified atom stereocenters. The topological polar surface area (TPSA) is 20.2 Å². The minimum Gasteiger partial charge on any atom is -0.392 e. The van der Waals surface area contributed by atoms with Gasteiger partial charge in [-0.05, 0) is 22.0 Å². The molecule has 4 heteroatoms. The molecule has 0 bridgehead atoms. The average Bonchev–Trinajstić information content (AvgIpc) is 2.35. The van der Waals surface area contributed by atoms with E-state index in [2.05, 4.69) is 15.9 Å². The van der Waals surface area contributed by atoms with Crippen molar-refractivity contribution >= 4 is 38.9 Å². The van der Waals surface area contributed by atoms with Crippen LogP contribution >= 0.6 is 38.9 Å². The third-order valence-electron chi connectivity index (χ3n) is 1.24. The second kappa shape index (κ2) is 4.45. The predicted molar refractivity (Wildman–Crippen MR) is 52.4 cm³/mol. The van der Waals surface area contributed by atoms with Gasteiger partial charge in [0.25, 0.3) is 0 Å². The highest BCUT2D eigenvalue weighted by molar-refractivity contribution is 9.10. The van der Waals surface area contributed by atoms with E-state index in [1.807, 2.05) is 11.4 Å². The quantitative estimate of drug-likeness (QED) is 0.824. The van der Waals surface area contributed by atoms with Crippen LogP contribution in [0, 0.1) is 0 Å². The molecule has 1 atom stereocenters. The van der Waals surface area contributed by atoms with Crippen LogP contribution < -0.4 is 0 Å². The van der Waals surface area contributed by atoms with Gasteiger partial charge in [0.1, 0.15) is 0 Å². The van der Waals surface area contributed by atoms with Crippen molar-refractivity contribution in [3.63, 3.8) is 0 Å². The number of hydrogen-bond acceptors (Lipinski definition) is 2. The summed E-state index contributed by atoms with van der Waals surface area (Å²) in [4.78, 5) is 1.16. The minimum atomic E-state index is -0.415. The van der Waals surface area contributed by atoms with Gasteiger partial charge in [-0.1, -0.05) is 0 Å². The highest BCUT2D eigenvalue weighted by Crippen LogP contribution is 2.20. The fourth-order valence-electron chi connectivity index (χ4n) is 0.748. The summed E-state index contributed by atoms with van der Waals surface area (Å²) in [5.41, 5.74) is 0. The summed E-state index contributed by atoms with van der Waals surface area (Å²) >= 11 is 10.4. The maximum Gasteiger partial charge on any atom is 0.0723 e. The standard InChI is InChI=1S/C7H8BrClOS/c8-5-1-7(11-4-5)2-6(10)3-9/h1,4,6,10H,2-3H2. The van der Waals surface area contributed by atoms with E-state index >= 15 is 0 Å². The minimum absolute atomic E-state index is 0.301. The molecule has 0 aliphatic carbocycles. The first-order valence-electron chi connectivity index (χ1n) is 3.19. The number of aliphatic hydroxyl groups excluding tert-OH is 1. The SMILES string of the molecule is OC(CCl)Cc1cc(Br)cs1. The van der Waals surface area contributed by atoms with Crippen molar-refractivity contribution in [3.8, 4) is 0 Å². The van der Waals surface area contributed by atoms with Crippen LogP contribution in [-0.4, -0.2) is 17.1 Å². The maximum absolute atomic E-state index is 9.18. The molecule has 0 aliphatic heterocycles. The van der Waals surface area contributed by atoms with Crippen LogP contribution in [0.15, 0.2) is 15.9 Å². The van der Waals surface area contributed by atoms with Crippen molar-refractivity contribution in [2.24, 2.45) is 0 Å². The number of hydrogen-bond donors (Lipinski definition) is 1. The molecular weight excluding hydrogens is 247 g/mol.